The Morgan fingerprint density at radius 2 is 0.611 bits per heavy atom. The molecule has 0 heterocycles. The molecular weight excluding hydrogens is 380 g/mol. The molecule has 0 amide bonds. The van der Waals surface area contributed by atoms with Crippen molar-refractivity contribution in [3.8, 4) is 0 Å². The van der Waals surface area contributed by atoms with Crippen molar-refractivity contribution in [1.29, 1.82) is 0 Å². The van der Waals surface area contributed by atoms with Gasteiger partial charge in [-0.3, -0.25) is 0 Å². The van der Waals surface area contributed by atoms with Gasteiger partial charge in [-0.2, -0.15) is 0 Å². The quantitative estimate of drug-likeness (QED) is 0.336. The molecule has 18 heteroatoms. The van der Waals surface area contributed by atoms with Crippen molar-refractivity contribution in [3.05, 3.63) is 0 Å². The summed E-state index contributed by atoms with van der Waals surface area (Å²) in [6, 6.07) is 0. The molecule has 0 rings (SSSR count). The van der Waals surface area contributed by atoms with Gasteiger partial charge in [-0.05, 0) is 0 Å². The summed E-state index contributed by atoms with van der Waals surface area (Å²) in [5.41, 5.74) is 0. The molecule has 0 saturated heterocycles. The Bertz CT molecular complexity index is 204. The largest absolute Gasteiger partial charge is 1.00 e. The summed E-state index contributed by atoms with van der Waals surface area (Å²) in [6.07, 6.45) is 0. The molecule has 0 unspecified atom stereocenters. The van der Waals surface area contributed by atoms with Crippen molar-refractivity contribution in [2.75, 3.05) is 0 Å². The first-order valence-corrected chi connectivity index (χ1v) is 6.00. The van der Waals surface area contributed by atoms with Crippen LogP contribution in [-0.4, -0.2) is 35.0 Å². The van der Waals surface area contributed by atoms with Crippen molar-refractivity contribution in [2.24, 2.45) is 0 Å². The van der Waals surface area contributed by atoms with Gasteiger partial charge in [0.05, 0.1) is 45.4 Å². The molecule has 0 N–H and O–H groups in total. The maximum Gasteiger partial charge on any atom is 1.00 e. The smallest absolute Gasteiger partial charge is 0.749 e. The Balaban J connectivity index is -0.0000000327. The fraction of sp³-hybridized carbons (Fsp3) is 0. The fourth-order valence-electron chi connectivity index (χ4n) is 0.0907. The van der Waals surface area contributed by atoms with Crippen LogP contribution in [0.2, 0.25) is 0 Å². The Morgan fingerprint density at radius 3 is 0.611 bits per heavy atom. The average Bonchev–Trinajstić information content (AvgIpc) is 1.79. The van der Waals surface area contributed by atoms with E-state index in [0.29, 0.717) is 0 Å². The monoisotopic (exact) mass is 380 g/mol. The van der Waals surface area contributed by atoms with Crippen LogP contribution in [0.1, 0.15) is 0 Å². The van der Waals surface area contributed by atoms with Gasteiger partial charge in [-0.15, -0.1) is 0 Å². The van der Waals surface area contributed by atoms with E-state index in [0.717, 1.165) is 0 Å². The van der Waals surface area contributed by atoms with Gasteiger partial charge in [-0.25, -0.2) is 24.1 Å². The normalized spacial score (nSPS) is 14.4. The first-order chi connectivity index (χ1) is 6.25. The summed E-state index contributed by atoms with van der Waals surface area (Å²) in [5, 5.41) is 0. The third-order valence-corrected chi connectivity index (χ3v) is 2.00. The molecule has 0 aromatic rings. The van der Waals surface area contributed by atoms with Crippen molar-refractivity contribution in [1.82, 2.24) is 0 Å². The van der Waals surface area contributed by atoms with Crippen LogP contribution in [0.3, 0.4) is 0 Å². The minimum absolute atomic E-state index is 0. The Hall–Kier alpha value is 4.36. The zero-order valence-corrected chi connectivity index (χ0v) is 21.0. The summed E-state index contributed by atoms with van der Waals surface area (Å²) >= 11 is -11.8. The molecule has 0 bridgehead atoms. The second-order valence-corrected chi connectivity index (χ2v) is 3.67. The van der Waals surface area contributed by atoms with Crippen LogP contribution in [0.5, 0.6) is 0 Å². The Kier molecular flexibility index (Phi) is 55.6. The van der Waals surface area contributed by atoms with Gasteiger partial charge in [0.25, 0.3) is 0 Å². The standard InChI is InChI=1S/4Na.2H2O5S2/c;;;;2*1-6(2)5-7(3)4/h;;;;2*(H,1,2)(H,3,4)/q4*+1;;/p-4. The summed E-state index contributed by atoms with van der Waals surface area (Å²) < 4.78 is 79.7. The van der Waals surface area contributed by atoms with Crippen molar-refractivity contribution >= 4 is 45.4 Å². The van der Waals surface area contributed by atoms with E-state index in [9.17, 15) is 35.0 Å². The van der Waals surface area contributed by atoms with Crippen molar-refractivity contribution in [3.63, 3.8) is 0 Å². The first kappa shape index (κ1) is 38.1. The molecule has 0 aromatic carbocycles. The van der Waals surface area contributed by atoms with Crippen LogP contribution in [-0.2, 0) is 52.7 Å². The van der Waals surface area contributed by atoms with Gasteiger partial charge in [0.2, 0.25) is 0 Å². The second kappa shape index (κ2) is 26.3. The van der Waals surface area contributed by atoms with Gasteiger partial charge >= 0.3 is 118 Å². The number of hydrogen-bond donors (Lipinski definition) is 0. The van der Waals surface area contributed by atoms with Crippen molar-refractivity contribution in [2.45, 2.75) is 0 Å². The van der Waals surface area contributed by atoms with Gasteiger partial charge < -0.3 is 18.2 Å². The average molecular weight is 380 g/mol. The van der Waals surface area contributed by atoms with Gasteiger partial charge in [-0.1, -0.05) is 0 Å². The van der Waals surface area contributed by atoms with E-state index in [1.54, 1.807) is 0 Å². The van der Waals surface area contributed by atoms with Crippen LogP contribution in [0, 0.1) is 0 Å². The molecule has 0 fully saturated rings. The third-order valence-electron chi connectivity index (χ3n) is 0.222. The second-order valence-electron chi connectivity index (χ2n) is 0.953. The topological polar surface area (TPSA) is 179 Å². The Labute approximate surface area is 202 Å². The molecule has 88 valence electrons. The van der Waals surface area contributed by atoms with E-state index in [4.69, 9.17) is 0 Å². The van der Waals surface area contributed by atoms with Crippen LogP contribution in [0.25, 0.3) is 0 Å². The fourth-order valence-corrected chi connectivity index (χ4v) is 0.816. The van der Waals surface area contributed by atoms with E-state index in [1.807, 2.05) is 0 Å². The van der Waals surface area contributed by atoms with Crippen LogP contribution < -0.4 is 118 Å². The van der Waals surface area contributed by atoms with Gasteiger partial charge in [0.1, 0.15) is 0 Å². The summed E-state index contributed by atoms with van der Waals surface area (Å²) in [7, 11) is 0. The minimum Gasteiger partial charge on any atom is -0.749 e. The summed E-state index contributed by atoms with van der Waals surface area (Å²) in [6.45, 7) is 0. The number of rotatable bonds is 4. The minimum atomic E-state index is -2.96. The molecule has 0 aliphatic rings. The molecule has 0 aliphatic carbocycles. The molecule has 0 radical (unpaired) electrons. The molecule has 0 aromatic heterocycles. The third kappa shape index (κ3) is 50.0. The zero-order valence-electron chi connectivity index (χ0n) is 9.72. The number of hydrogen-bond acceptors (Lipinski definition) is 10. The van der Waals surface area contributed by atoms with E-state index in [-0.39, 0.29) is 118 Å². The molecule has 0 atom stereocenters. The molecule has 0 aliphatic heterocycles. The van der Waals surface area contributed by atoms with E-state index >= 15 is 0 Å². The van der Waals surface area contributed by atoms with Gasteiger partial charge in [0.15, 0.2) is 0 Å². The van der Waals surface area contributed by atoms with Crippen LogP contribution in [0.15, 0.2) is 0 Å². The molecular formula is Na4O10S4. The van der Waals surface area contributed by atoms with Crippen LogP contribution in [0.4, 0.5) is 0 Å². The predicted octanol–water partition coefficient (Wildman–Crippen LogP) is -14.8. The molecule has 18 heavy (non-hydrogen) atoms. The Morgan fingerprint density at radius 1 is 0.500 bits per heavy atom. The molecule has 0 saturated carbocycles. The summed E-state index contributed by atoms with van der Waals surface area (Å²) in [4.78, 5) is 0. The predicted molar refractivity (Wildman–Crippen MR) is 37.8 cm³/mol. The van der Waals surface area contributed by atoms with Crippen molar-refractivity contribution < 1.29 is 161 Å². The first-order valence-electron chi connectivity index (χ1n) is 2.00. The van der Waals surface area contributed by atoms with E-state index < -0.39 is 45.4 Å². The van der Waals surface area contributed by atoms with E-state index in [1.165, 1.54) is 0 Å². The maximum atomic E-state index is 9.19. The van der Waals surface area contributed by atoms with E-state index in [2.05, 4.69) is 7.26 Å². The maximum absolute atomic E-state index is 9.19. The molecule has 0 spiro atoms. The molecule has 10 nitrogen and oxygen atoms in total. The van der Waals surface area contributed by atoms with Gasteiger partial charge in [0, 0.05) is 0 Å². The van der Waals surface area contributed by atoms with Crippen LogP contribution >= 0.6 is 0 Å². The SMILES string of the molecule is O=S([O-])OS(=O)[O-].O=S([O-])OS(=O)[O-].[Na+].[Na+].[Na+].[Na+]. The zero-order chi connectivity index (χ0) is 11.7. The summed E-state index contributed by atoms with van der Waals surface area (Å²) in [5.74, 6) is 0.